The second kappa shape index (κ2) is 11.2. The van der Waals surface area contributed by atoms with Crippen molar-refractivity contribution in [2.24, 2.45) is 5.73 Å². The molecule has 2 atom stereocenters. The first kappa shape index (κ1) is 26.3. The molecule has 2 N–H and O–H groups in total. The van der Waals surface area contributed by atoms with Crippen LogP contribution in [0.25, 0.3) is 10.9 Å². The zero-order chi connectivity index (χ0) is 26.8. The number of aromatic nitrogens is 2. The minimum Gasteiger partial charge on any atom is -0.382 e. The van der Waals surface area contributed by atoms with E-state index >= 15 is 0 Å². The van der Waals surface area contributed by atoms with Crippen molar-refractivity contribution in [2.75, 3.05) is 44.9 Å². The minimum absolute atomic E-state index is 0.0109. The molecule has 9 heteroatoms. The number of carbonyl (C=O) groups excluding carboxylic acids is 1. The lowest BCUT2D eigenvalue weighted by Gasteiger charge is -2.34. The van der Waals surface area contributed by atoms with Crippen molar-refractivity contribution in [2.45, 2.75) is 51.9 Å². The number of nitrogens with two attached hydrogens (primary N) is 1. The van der Waals surface area contributed by atoms with Gasteiger partial charge in [-0.05, 0) is 80.1 Å². The molecule has 0 radical (unpaired) electrons. The molecular formula is C29H36N4O5. The largest absolute Gasteiger partial charge is 0.382 e. The van der Waals surface area contributed by atoms with Gasteiger partial charge in [0.1, 0.15) is 11.9 Å². The van der Waals surface area contributed by atoms with E-state index in [1.54, 1.807) is 11.7 Å². The van der Waals surface area contributed by atoms with Crippen LogP contribution in [0.5, 0.6) is 0 Å². The lowest BCUT2D eigenvalue weighted by molar-refractivity contribution is -0.0100. The molecule has 5 rings (SSSR count). The van der Waals surface area contributed by atoms with Gasteiger partial charge in [0.25, 0.3) is 5.56 Å². The summed E-state index contributed by atoms with van der Waals surface area (Å²) in [7, 11) is 1.68. The van der Waals surface area contributed by atoms with Crippen molar-refractivity contribution in [1.29, 1.82) is 0 Å². The molecule has 0 unspecified atom stereocenters. The second-order valence-corrected chi connectivity index (χ2v) is 10.2. The molecule has 2 fully saturated rings. The Morgan fingerprint density at radius 2 is 1.95 bits per heavy atom. The maximum absolute atomic E-state index is 13.8. The second-order valence-electron chi connectivity index (χ2n) is 10.2. The number of hydrogen-bond donors (Lipinski definition) is 1. The summed E-state index contributed by atoms with van der Waals surface area (Å²) in [6.07, 6.45) is 2.23. The number of nitrogens with zero attached hydrogens (tertiary/aromatic N) is 3. The molecule has 0 saturated carbocycles. The zero-order valence-electron chi connectivity index (χ0n) is 22.4. The van der Waals surface area contributed by atoms with Crippen LogP contribution in [0.1, 0.15) is 51.8 Å². The topological polar surface area (TPSA) is 109 Å². The fourth-order valence-electron chi connectivity index (χ4n) is 5.66. The third-order valence-electron chi connectivity index (χ3n) is 7.61. The fraction of sp³-hybridized carbons (Fsp3) is 0.483. The van der Waals surface area contributed by atoms with Crippen LogP contribution in [0.2, 0.25) is 0 Å². The van der Waals surface area contributed by atoms with Crippen molar-refractivity contribution >= 4 is 22.5 Å². The number of benzene rings is 2. The van der Waals surface area contributed by atoms with Crippen LogP contribution in [0.4, 0.5) is 5.69 Å². The number of carbonyl (C=O) groups is 1. The van der Waals surface area contributed by atoms with E-state index in [2.05, 4.69) is 4.90 Å². The first-order chi connectivity index (χ1) is 18.4. The highest BCUT2D eigenvalue weighted by Gasteiger charge is 2.26. The van der Waals surface area contributed by atoms with E-state index < -0.39 is 5.91 Å². The van der Waals surface area contributed by atoms with Crippen LogP contribution in [0.3, 0.4) is 0 Å². The quantitative estimate of drug-likeness (QED) is 0.486. The van der Waals surface area contributed by atoms with Crippen LogP contribution >= 0.6 is 0 Å². The number of amides is 1. The lowest BCUT2D eigenvalue weighted by atomic mass is 9.96. The SMILES string of the molecule is COC[C@H]1CN(c2ccc3c(=O)n(CCc4c(C)cc(C(N)=O)cc4C)c([C@@H]4CCCO4)nc3c2)CCO1. The Hall–Kier alpha value is -3.27. The van der Waals surface area contributed by atoms with E-state index in [1.807, 2.05) is 44.2 Å². The van der Waals surface area contributed by atoms with Gasteiger partial charge in [-0.15, -0.1) is 0 Å². The number of primary amides is 1. The molecule has 2 saturated heterocycles. The van der Waals surface area contributed by atoms with Gasteiger partial charge in [0, 0.05) is 44.6 Å². The first-order valence-electron chi connectivity index (χ1n) is 13.3. The van der Waals surface area contributed by atoms with Gasteiger partial charge in [0.15, 0.2) is 0 Å². The maximum atomic E-state index is 13.8. The van der Waals surface area contributed by atoms with Gasteiger partial charge in [-0.2, -0.15) is 0 Å². The summed E-state index contributed by atoms with van der Waals surface area (Å²) in [5.74, 6) is 0.240. The predicted octanol–water partition coefficient (Wildman–Crippen LogP) is 3.06. The number of aryl methyl sites for hydroxylation is 2. The summed E-state index contributed by atoms with van der Waals surface area (Å²) in [6.45, 7) is 7.75. The van der Waals surface area contributed by atoms with E-state index in [0.717, 1.165) is 48.3 Å². The summed E-state index contributed by atoms with van der Waals surface area (Å²) < 4.78 is 18.9. The molecule has 0 spiro atoms. The smallest absolute Gasteiger partial charge is 0.261 e. The molecule has 202 valence electrons. The summed E-state index contributed by atoms with van der Waals surface area (Å²) >= 11 is 0. The number of fused-ring (bicyclic) bond motifs is 1. The number of anilines is 1. The van der Waals surface area contributed by atoms with Crippen molar-refractivity contribution in [3.63, 3.8) is 0 Å². The van der Waals surface area contributed by atoms with Crippen molar-refractivity contribution in [3.8, 4) is 0 Å². The van der Waals surface area contributed by atoms with Gasteiger partial charge in [-0.3, -0.25) is 14.2 Å². The molecule has 1 aromatic heterocycles. The zero-order valence-corrected chi connectivity index (χ0v) is 22.4. The van der Waals surface area contributed by atoms with Crippen LogP contribution in [-0.2, 0) is 27.2 Å². The van der Waals surface area contributed by atoms with E-state index in [1.165, 1.54) is 0 Å². The molecule has 0 bridgehead atoms. The van der Waals surface area contributed by atoms with Crippen LogP contribution in [0.15, 0.2) is 35.1 Å². The summed E-state index contributed by atoms with van der Waals surface area (Å²) in [5, 5.41) is 0.592. The average Bonchev–Trinajstić information content (AvgIpc) is 3.44. The molecule has 2 aliphatic heterocycles. The standard InChI is InChI=1S/C29H36N4O5/c1-18-13-20(27(30)34)14-19(2)23(18)8-9-33-28(26-5-4-11-38-26)31-25-15-21(6-7-24(25)29(33)35)32-10-12-37-22(16-32)17-36-3/h6-7,13-15,22,26H,4-5,8-12,16-17H2,1-3H3,(H2,30,34)/t22-,26+/m1/s1. The highest BCUT2D eigenvalue weighted by Crippen LogP contribution is 2.29. The van der Waals surface area contributed by atoms with Crippen LogP contribution in [-0.4, -0.2) is 61.6 Å². The summed E-state index contributed by atoms with van der Waals surface area (Å²) in [4.78, 5) is 32.8. The number of morpholine rings is 1. The van der Waals surface area contributed by atoms with Crippen molar-refractivity contribution in [1.82, 2.24) is 9.55 Å². The Kier molecular flexibility index (Phi) is 7.78. The van der Waals surface area contributed by atoms with Gasteiger partial charge in [0.2, 0.25) is 5.91 Å². The van der Waals surface area contributed by atoms with E-state index in [9.17, 15) is 9.59 Å². The minimum atomic E-state index is -0.441. The molecular weight excluding hydrogens is 484 g/mol. The highest BCUT2D eigenvalue weighted by molar-refractivity contribution is 5.93. The van der Waals surface area contributed by atoms with Gasteiger partial charge in [0.05, 0.1) is 30.2 Å². The number of methoxy groups -OCH3 is 1. The third-order valence-corrected chi connectivity index (χ3v) is 7.61. The van der Waals surface area contributed by atoms with E-state index in [0.29, 0.717) is 55.1 Å². The van der Waals surface area contributed by atoms with Crippen LogP contribution < -0.4 is 16.2 Å². The fourth-order valence-corrected chi connectivity index (χ4v) is 5.66. The number of ether oxygens (including phenoxy) is 3. The lowest BCUT2D eigenvalue weighted by Crippen LogP contribution is -2.44. The van der Waals surface area contributed by atoms with Crippen molar-refractivity contribution in [3.05, 3.63) is 68.8 Å². The third kappa shape index (κ3) is 5.32. The summed E-state index contributed by atoms with van der Waals surface area (Å²) in [5.41, 5.74) is 10.7. The molecule has 38 heavy (non-hydrogen) atoms. The number of hydrogen-bond acceptors (Lipinski definition) is 7. The Bertz CT molecular complexity index is 1370. The van der Waals surface area contributed by atoms with E-state index in [-0.39, 0.29) is 17.8 Å². The van der Waals surface area contributed by atoms with Crippen LogP contribution in [0, 0.1) is 13.8 Å². The van der Waals surface area contributed by atoms with Gasteiger partial charge in [-0.1, -0.05) is 0 Å². The Labute approximate surface area is 222 Å². The Morgan fingerprint density at radius 1 is 1.16 bits per heavy atom. The molecule has 1 amide bonds. The maximum Gasteiger partial charge on any atom is 0.261 e. The molecule has 3 heterocycles. The highest BCUT2D eigenvalue weighted by atomic mass is 16.5. The predicted molar refractivity (Wildman–Crippen MR) is 146 cm³/mol. The first-order valence-corrected chi connectivity index (χ1v) is 13.3. The Balaban J connectivity index is 1.49. The normalized spacial score (nSPS) is 19.8. The monoisotopic (exact) mass is 520 g/mol. The van der Waals surface area contributed by atoms with Gasteiger partial charge in [-0.25, -0.2) is 4.98 Å². The molecule has 2 aliphatic rings. The Morgan fingerprint density at radius 3 is 2.63 bits per heavy atom. The summed E-state index contributed by atoms with van der Waals surface area (Å²) in [6, 6.07) is 9.52. The van der Waals surface area contributed by atoms with Crippen molar-refractivity contribution < 1.29 is 19.0 Å². The molecule has 2 aromatic carbocycles. The van der Waals surface area contributed by atoms with Gasteiger partial charge >= 0.3 is 0 Å². The van der Waals surface area contributed by atoms with Gasteiger partial charge < -0.3 is 24.8 Å². The molecule has 3 aromatic rings. The molecule has 0 aliphatic carbocycles. The average molecular weight is 521 g/mol. The number of rotatable bonds is 8. The molecule has 9 nitrogen and oxygen atoms in total. The van der Waals surface area contributed by atoms with E-state index in [4.69, 9.17) is 24.9 Å².